The highest BCUT2D eigenvalue weighted by atomic mass is 14.0. The lowest BCUT2D eigenvalue weighted by Gasteiger charge is -2.02. The molecule has 0 fully saturated rings. The molecule has 0 heteroatoms. The minimum atomic E-state index is 0.866. The van der Waals surface area contributed by atoms with Gasteiger partial charge in [0, 0.05) is 0 Å². The largest absolute Gasteiger partial charge is 0.0856 e. The molecule has 0 saturated heterocycles. The van der Waals surface area contributed by atoms with Crippen molar-refractivity contribution in [3.8, 4) is 0 Å². The molecule has 0 atom stereocenters. The molecule has 0 aliphatic heterocycles. The summed E-state index contributed by atoms with van der Waals surface area (Å²) < 4.78 is 0. The molecule has 72 valence electrons. The van der Waals surface area contributed by atoms with Gasteiger partial charge in [0.15, 0.2) is 0 Å². The van der Waals surface area contributed by atoms with Crippen LogP contribution in [0.1, 0.15) is 59.8 Å². The first-order valence-corrected chi connectivity index (χ1v) is 5.32. The van der Waals surface area contributed by atoms with Gasteiger partial charge >= 0.3 is 0 Å². The highest BCUT2D eigenvalue weighted by Crippen LogP contribution is 2.10. The van der Waals surface area contributed by atoms with Crippen molar-refractivity contribution in [2.75, 3.05) is 0 Å². The highest BCUT2D eigenvalue weighted by Gasteiger charge is 1.92. The SMILES string of the molecule is CCC/C(C)=C\CCCC(C)C. The Kier molecular flexibility index (Phi) is 7.23. The monoisotopic (exact) mass is 168 g/mol. The molecule has 12 heavy (non-hydrogen) atoms. The summed E-state index contributed by atoms with van der Waals surface area (Å²) in [5.74, 6) is 0.866. The second kappa shape index (κ2) is 7.39. The Morgan fingerprint density at radius 2 is 2.00 bits per heavy atom. The lowest BCUT2D eigenvalue weighted by molar-refractivity contribution is 0.559. The predicted octanol–water partition coefficient (Wildman–Crippen LogP) is 4.56. The van der Waals surface area contributed by atoms with E-state index in [0.29, 0.717) is 0 Å². The van der Waals surface area contributed by atoms with Crippen LogP contribution < -0.4 is 0 Å². The quantitative estimate of drug-likeness (QED) is 0.403. The van der Waals surface area contributed by atoms with Crippen LogP contribution in [0, 0.1) is 5.92 Å². The summed E-state index contributed by atoms with van der Waals surface area (Å²) in [5.41, 5.74) is 1.57. The van der Waals surface area contributed by atoms with Gasteiger partial charge < -0.3 is 0 Å². The third-order valence-electron chi connectivity index (χ3n) is 2.12. The van der Waals surface area contributed by atoms with Gasteiger partial charge in [0.1, 0.15) is 0 Å². The molecule has 0 bridgehead atoms. The minimum Gasteiger partial charge on any atom is -0.0856 e. The number of allylic oxidation sites excluding steroid dienone is 2. The zero-order chi connectivity index (χ0) is 9.40. The summed E-state index contributed by atoms with van der Waals surface area (Å²) in [6.07, 6.45) is 8.98. The zero-order valence-corrected chi connectivity index (χ0v) is 9.19. The van der Waals surface area contributed by atoms with Gasteiger partial charge in [-0.3, -0.25) is 0 Å². The van der Waals surface area contributed by atoms with Crippen LogP contribution in [0.25, 0.3) is 0 Å². The van der Waals surface area contributed by atoms with E-state index in [0.717, 1.165) is 5.92 Å². The Bertz CT molecular complexity index is 120. The van der Waals surface area contributed by atoms with Crippen LogP contribution in [0.5, 0.6) is 0 Å². The molecule has 0 aliphatic carbocycles. The summed E-state index contributed by atoms with van der Waals surface area (Å²) in [6, 6.07) is 0. The normalized spacial score (nSPS) is 12.6. The van der Waals surface area contributed by atoms with Crippen molar-refractivity contribution in [1.29, 1.82) is 0 Å². The molecule has 0 amide bonds. The van der Waals surface area contributed by atoms with Gasteiger partial charge in [-0.2, -0.15) is 0 Å². The Hall–Kier alpha value is -0.260. The molecule has 0 spiro atoms. The van der Waals surface area contributed by atoms with E-state index in [1.165, 1.54) is 32.1 Å². The van der Waals surface area contributed by atoms with Gasteiger partial charge in [0.2, 0.25) is 0 Å². The topological polar surface area (TPSA) is 0 Å². The maximum atomic E-state index is 2.41. The third kappa shape index (κ3) is 7.84. The Balaban J connectivity index is 3.33. The molecular formula is C12H24. The van der Waals surface area contributed by atoms with Crippen LogP contribution in [-0.4, -0.2) is 0 Å². The lowest BCUT2D eigenvalue weighted by atomic mass is 10.0. The first-order chi connectivity index (χ1) is 5.66. The molecule has 0 unspecified atom stereocenters. The predicted molar refractivity (Wildman–Crippen MR) is 57.4 cm³/mol. The van der Waals surface area contributed by atoms with Crippen molar-refractivity contribution in [2.45, 2.75) is 59.8 Å². The minimum absolute atomic E-state index is 0.866. The molecule has 0 radical (unpaired) electrons. The lowest BCUT2D eigenvalue weighted by Crippen LogP contribution is -1.85. The van der Waals surface area contributed by atoms with Crippen molar-refractivity contribution in [2.24, 2.45) is 5.92 Å². The molecule has 0 aromatic rings. The molecule has 0 N–H and O–H groups in total. The smallest absolute Gasteiger partial charge is 0.0326 e. The maximum Gasteiger partial charge on any atom is -0.0326 e. The molecule has 0 heterocycles. The second-order valence-corrected chi connectivity index (χ2v) is 4.13. The van der Waals surface area contributed by atoms with E-state index < -0.39 is 0 Å². The average Bonchev–Trinajstić information content (AvgIpc) is 1.98. The van der Waals surface area contributed by atoms with Gasteiger partial charge in [-0.15, -0.1) is 0 Å². The number of unbranched alkanes of at least 4 members (excludes halogenated alkanes) is 1. The van der Waals surface area contributed by atoms with Gasteiger partial charge in [-0.1, -0.05) is 45.3 Å². The van der Waals surface area contributed by atoms with Crippen molar-refractivity contribution >= 4 is 0 Å². The van der Waals surface area contributed by atoms with E-state index in [4.69, 9.17) is 0 Å². The molecular weight excluding hydrogens is 144 g/mol. The summed E-state index contributed by atoms with van der Waals surface area (Å²) in [6.45, 7) is 9.08. The first-order valence-electron chi connectivity index (χ1n) is 5.32. The van der Waals surface area contributed by atoms with Gasteiger partial charge in [-0.05, 0) is 32.1 Å². The third-order valence-corrected chi connectivity index (χ3v) is 2.12. The van der Waals surface area contributed by atoms with Gasteiger partial charge in [0.25, 0.3) is 0 Å². The number of rotatable bonds is 6. The van der Waals surface area contributed by atoms with Crippen LogP contribution in [0.4, 0.5) is 0 Å². The van der Waals surface area contributed by atoms with E-state index in [1.54, 1.807) is 5.57 Å². The standard InChI is InChI=1S/C12H24/c1-5-8-12(4)10-7-6-9-11(2)3/h10-11H,5-9H2,1-4H3/b12-10-. The Morgan fingerprint density at radius 3 is 2.50 bits per heavy atom. The molecule has 0 nitrogen and oxygen atoms in total. The van der Waals surface area contributed by atoms with Gasteiger partial charge in [-0.25, -0.2) is 0 Å². The molecule has 0 rings (SSSR count). The van der Waals surface area contributed by atoms with E-state index in [2.05, 4.69) is 33.8 Å². The fraction of sp³-hybridized carbons (Fsp3) is 0.833. The van der Waals surface area contributed by atoms with Crippen molar-refractivity contribution < 1.29 is 0 Å². The number of hydrogen-bond acceptors (Lipinski definition) is 0. The van der Waals surface area contributed by atoms with Crippen LogP contribution in [0.3, 0.4) is 0 Å². The van der Waals surface area contributed by atoms with Crippen LogP contribution in [0.2, 0.25) is 0 Å². The van der Waals surface area contributed by atoms with Crippen molar-refractivity contribution in [1.82, 2.24) is 0 Å². The second-order valence-electron chi connectivity index (χ2n) is 4.13. The van der Waals surface area contributed by atoms with Crippen molar-refractivity contribution in [3.63, 3.8) is 0 Å². The molecule has 0 aliphatic rings. The van der Waals surface area contributed by atoms with Gasteiger partial charge in [0.05, 0.1) is 0 Å². The van der Waals surface area contributed by atoms with E-state index in [9.17, 15) is 0 Å². The van der Waals surface area contributed by atoms with Crippen LogP contribution in [0.15, 0.2) is 11.6 Å². The molecule has 0 aromatic heterocycles. The highest BCUT2D eigenvalue weighted by molar-refractivity contribution is 4.97. The molecule has 0 saturated carbocycles. The first kappa shape index (κ1) is 11.7. The van der Waals surface area contributed by atoms with E-state index in [-0.39, 0.29) is 0 Å². The van der Waals surface area contributed by atoms with E-state index >= 15 is 0 Å². The maximum absolute atomic E-state index is 2.41. The van der Waals surface area contributed by atoms with Crippen molar-refractivity contribution in [3.05, 3.63) is 11.6 Å². The summed E-state index contributed by atoms with van der Waals surface area (Å²) >= 11 is 0. The fourth-order valence-electron chi connectivity index (χ4n) is 1.37. The average molecular weight is 168 g/mol. The van der Waals surface area contributed by atoms with Crippen LogP contribution in [-0.2, 0) is 0 Å². The zero-order valence-electron chi connectivity index (χ0n) is 9.19. The Morgan fingerprint density at radius 1 is 1.33 bits per heavy atom. The van der Waals surface area contributed by atoms with E-state index in [1.807, 2.05) is 0 Å². The van der Waals surface area contributed by atoms with Crippen LogP contribution >= 0.6 is 0 Å². The summed E-state index contributed by atoms with van der Waals surface area (Å²) in [5, 5.41) is 0. The number of hydrogen-bond donors (Lipinski definition) is 0. The summed E-state index contributed by atoms with van der Waals surface area (Å²) in [7, 11) is 0. The fourth-order valence-corrected chi connectivity index (χ4v) is 1.37. The Labute approximate surface area is 78.1 Å². The summed E-state index contributed by atoms with van der Waals surface area (Å²) in [4.78, 5) is 0. The molecule has 0 aromatic carbocycles.